The molecule has 7 heteroatoms. The van der Waals surface area contributed by atoms with Crippen molar-refractivity contribution in [2.75, 3.05) is 26.2 Å². The third kappa shape index (κ3) is 3.57. The second-order valence-corrected chi connectivity index (χ2v) is 7.63. The van der Waals surface area contributed by atoms with Crippen LogP contribution in [0.25, 0.3) is 0 Å². The van der Waals surface area contributed by atoms with Crippen LogP contribution >= 0.6 is 11.3 Å². The van der Waals surface area contributed by atoms with Gasteiger partial charge in [-0.05, 0) is 19.3 Å². The van der Waals surface area contributed by atoms with E-state index in [9.17, 15) is 4.79 Å². The Balaban J connectivity index is 1.24. The maximum Gasteiger partial charge on any atom is 0.248 e. The summed E-state index contributed by atoms with van der Waals surface area (Å²) in [6.45, 7) is 4.30. The molecule has 0 N–H and O–H groups in total. The summed E-state index contributed by atoms with van der Waals surface area (Å²) >= 11 is 1.70. The summed E-state index contributed by atoms with van der Waals surface area (Å²) in [5, 5.41) is 4.72. The fourth-order valence-corrected chi connectivity index (χ4v) is 4.48. The zero-order valence-electron chi connectivity index (χ0n) is 13.2. The van der Waals surface area contributed by atoms with Crippen molar-refractivity contribution in [2.45, 2.75) is 44.4 Å². The van der Waals surface area contributed by atoms with Crippen LogP contribution in [-0.2, 0) is 20.9 Å². The molecule has 3 aliphatic heterocycles. The molecule has 4 rings (SSSR count). The van der Waals surface area contributed by atoms with Crippen LogP contribution in [0.4, 0.5) is 0 Å². The highest BCUT2D eigenvalue weighted by molar-refractivity contribution is 7.09. The second-order valence-electron chi connectivity index (χ2n) is 6.65. The zero-order chi connectivity index (χ0) is 15.6. The molecule has 3 aliphatic rings. The number of hydrogen-bond acceptors (Lipinski definition) is 6. The maximum absolute atomic E-state index is 12.3. The highest BCUT2D eigenvalue weighted by Gasteiger charge is 2.42. The zero-order valence-corrected chi connectivity index (χ0v) is 14.0. The van der Waals surface area contributed by atoms with Crippen LogP contribution in [0.15, 0.2) is 11.6 Å². The minimum absolute atomic E-state index is 0.0602. The van der Waals surface area contributed by atoms with E-state index in [4.69, 9.17) is 9.57 Å². The lowest BCUT2D eigenvalue weighted by molar-refractivity contribution is -0.199. The molecule has 23 heavy (non-hydrogen) atoms. The van der Waals surface area contributed by atoms with E-state index < -0.39 is 0 Å². The SMILES string of the molecule is O=C(C[C@@H]1C[C@H]2CN(Cc3nccs3)C[C@H]2O1)N1CCCCO1. The number of likely N-dealkylation sites (tertiary alicyclic amines) is 1. The van der Waals surface area contributed by atoms with Crippen LogP contribution in [0.1, 0.15) is 30.7 Å². The van der Waals surface area contributed by atoms with E-state index in [2.05, 4.69) is 9.88 Å². The van der Waals surface area contributed by atoms with Crippen LogP contribution < -0.4 is 0 Å². The van der Waals surface area contributed by atoms with Crippen molar-refractivity contribution in [3.8, 4) is 0 Å². The highest BCUT2D eigenvalue weighted by Crippen LogP contribution is 2.35. The van der Waals surface area contributed by atoms with Crippen LogP contribution in [-0.4, -0.2) is 59.3 Å². The standard InChI is InChI=1S/C16H23N3O3S/c20-16(19-4-1-2-5-21-19)8-13-7-12-9-18(10-14(12)22-13)11-15-17-3-6-23-15/h3,6,12-14H,1-2,4-5,7-11H2/t12-,13-,14+/m0/s1. The molecule has 0 saturated carbocycles. The smallest absolute Gasteiger partial charge is 0.248 e. The van der Waals surface area contributed by atoms with Gasteiger partial charge in [0.1, 0.15) is 5.01 Å². The Labute approximate surface area is 140 Å². The number of hydroxylamine groups is 2. The van der Waals surface area contributed by atoms with Crippen molar-refractivity contribution >= 4 is 17.2 Å². The second kappa shape index (κ2) is 6.84. The lowest BCUT2D eigenvalue weighted by atomic mass is 10.0. The van der Waals surface area contributed by atoms with Gasteiger partial charge in [0.05, 0.1) is 31.8 Å². The molecule has 1 amide bonds. The monoisotopic (exact) mass is 337 g/mol. The van der Waals surface area contributed by atoms with Crippen molar-refractivity contribution in [1.82, 2.24) is 14.9 Å². The molecule has 3 saturated heterocycles. The number of carbonyl (C=O) groups excluding carboxylic acids is 1. The minimum Gasteiger partial charge on any atom is -0.373 e. The molecule has 0 aromatic carbocycles. The van der Waals surface area contributed by atoms with Crippen molar-refractivity contribution < 1.29 is 14.4 Å². The third-order valence-electron chi connectivity index (χ3n) is 4.91. The lowest BCUT2D eigenvalue weighted by Crippen LogP contribution is -2.37. The molecule has 1 aromatic heterocycles. The van der Waals surface area contributed by atoms with Gasteiger partial charge in [0, 0.05) is 37.1 Å². The maximum atomic E-state index is 12.3. The van der Waals surface area contributed by atoms with Crippen LogP contribution in [0.2, 0.25) is 0 Å². The van der Waals surface area contributed by atoms with E-state index in [0.717, 1.165) is 45.4 Å². The summed E-state index contributed by atoms with van der Waals surface area (Å²) < 4.78 is 6.13. The normalized spacial score (nSPS) is 31.5. The molecule has 6 nitrogen and oxygen atoms in total. The van der Waals surface area contributed by atoms with E-state index in [0.29, 0.717) is 18.9 Å². The van der Waals surface area contributed by atoms with Gasteiger partial charge >= 0.3 is 0 Å². The van der Waals surface area contributed by atoms with Crippen molar-refractivity contribution in [1.29, 1.82) is 0 Å². The number of rotatable bonds is 4. The number of aromatic nitrogens is 1. The Morgan fingerprint density at radius 1 is 1.39 bits per heavy atom. The van der Waals surface area contributed by atoms with Crippen LogP contribution in [0.3, 0.4) is 0 Å². The molecule has 0 aliphatic carbocycles. The van der Waals surface area contributed by atoms with Gasteiger partial charge in [-0.1, -0.05) is 0 Å². The summed E-state index contributed by atoms with van der Waals surface area (Å²) in [6, 6.07) is 0. The van der Waals surface area contributed by atoms with Crippen molar-refractivity contribution in [3.05, 3.63) is 16.6 Å². The van der Waals surface area contributed by atoms with E-state index >= 15 is 0 Å². The molecular weight excluding hydrogens is 314 g/mol. The first-order valence-electron chi connectivity index (χ1n) is 8.47. The molecule has 0 spiro atoms. The Morgan fingerprint density at radius 2 is 2.35 bits per heavy atom. The Hall–Kier alpha value is -1.02. The predicted octanol–water partition coefficient (Wildman–Crippen LogP) is 1.68. The Morgan fingerprint density at radius 3 is 3.09 bits per heavy atom. The molecule has 4 heterocycles. The van der Waals surface area contributed by atoms with Crippen molar-refractivity contribution in [3.63, 3.8) is 0 Å². The van der Waals surface area contributed by atoms with Crippen LogP contribution in [0, 0.1) is 5.92 Å². The van der Waals surface area contributed by atoms with Gasteiger partial charge in [0.25, 0.3) is 0 Å². The van der Waals surface area contributed by atoms with Gasteiger partial charge in [0.15, 0.2) is 0 Å². The molecular formula is C16H23N3O3S. The van der Waals surface area contributed by atoms with Gasteiger partial charge in [-0.3, -0.25) is 14.5 Å². The predicted molar refractivity (Wildman–Crippen MR) is 85.7 cm³/mol. The molecule has 3 atom stereocenters. The first-order valence-corrected chi connectivity index (χ1v) is 9.35. The topological polar surface area (TPSA) is 54.9 Å². The van der Waals surface area contributed by atoms with Gasteiger partial charge in [0.2, 0.25) is 5.91 Å². The Kier molecular flexibility index (Phi) is 4.61. The summed E-state index contributed by atoms with van der Waals surface area (Å²) in [5.41, 5.74) is 0. The average molecular weight is 337 g/mol. The first-order chi connectivity index (χ1) is 11.3. The molecule has 126 valence electrons. The number of thiazole rings is 1. The molecule has 3 fully saturated rings. The first kappa shape index (κ1) is 15.5. The molecule has 0 unspecified atom stereocenters. The van der Waals surface area contributed by atoms with E-state index in [-0.39, 0.29) is 18.1 Å². The van der Waals surface area contributed by atoms with Crippen LogP contribution in [0.5, 0.6) is 0 Å². The van der Waals surface area contributed by atoms with Crippen molar-refractivity contribution in [2.24, 2.45) is 5.92 Å². The number of amides is 1. The molecule has 0 radical (unpaired) electrons. The Bertz CT molecular complexity index is 519. The summed E-state index contributed by atoms with van der Waals surface area (Å²) in [7, 11) is 0. The number of carbonyl (C=O) groups is 1. The van der Waals surface area contributed by atoms with E-state index in [1.54, 1.807) is 11.3 Å². The highest BCUT2D eigenvalue weighted by atomic mass is 32.1. The van der Waals surface area contributed by atoms with Gasteiger partial charge in [-0.15, -0.1) is 11.3 Å². The number of ether oxygens (including phenoxy) is 1. The number of hydrogen-bond donors (Lipinski definition) is 0. The van der Waals surface area contributed by atoms with Gasteiger partial charge in [-0.25, -0.2) is 10.0 Å². The summed E-state index contributed by atoms with van der Waals surface area (Å²) in [5.74, 6) is 0.629. The average Bonchev–Trinajstić information content (AvgIpc) is 3.25. The molecule has 0 bridgehead atoms. The van der Waals surface area contributed by atoms with Gasteiger partial charge < -0.3 is 4.74 Å². The van der Waals surface area contributed by atoms with E-state index in [1.165, 1.54) is 10.1 Å². The fourth-order valence-electron chi connectivity index (χ4n) is 3.82. The third-order valence-corrected chi connectivity index (χ3v) is 5.68. The number of fused-ring (bicyclic) bond motifs is 1. The number of nitrogens with zero attached hydrogens (tertiary/aromatic N) is 3. The molecule has 1 aromatic rings. The quantitative estimate of drug-likeness (QED) is 0.837. The summed E-state index contributed by atoms with van der Waals surface area (Å²) in [4.78, 5) is 24.5. The largest absolute Gasteiger partial charge is 0.373 e. The van der Waals surface area contributed by atoms with Gasteiger partial charge in [-0.2, -0.15) is 0 Å². The van der Waals surface area contributed by atoms with E-state index in [1.807, 2.05) is 11.6 Å². The fraction of sp³-hybridized carbons (Fsp3) is 0.750. The minimum atomic E-state index is 0.0602. The summed E-state index contributed by atoms with van der Waals surface area (Å²) in [6.07, 6.45) is 5.72. The lowest BCUT2D eigenvalue weighted by Gasteiger charge is -2.27.